The van der Waals surface area contributed by atoms with Crippen LogP contribution in [0.5, 0.6) is 0 Å². The average Bonchev–Trinajstić information content (AvgIpc) is 3.36. The Labute approximate surface area is 243 Å². The summed E-state index contributed by atoms with van der Waals surface area (Å²) in [6, 6.07) is 14.4. The largest absolute Gasteiger partial charge is 0.355 e. The van der Waals surface area contributed by atoms with Gasteiger partial charge in [-0.3, -0.25) is 9.59 Å². The molecule has 1 aliphatic rings. The van der Waals surface area contributed by atoms with Gasteiger partial charge in [-0.1, -0.05) is 55.4 Å². The van der Waals surface area contributed by atoms with Crippen molar-refractivity contribution in [1.82, 2.24) is 20.4 Å². The van der Waals surface area contributed by atoms with Crippen molar-refractivity contribution in [3.05, 3.63) is 65.0 Å². The van der Waals surface area contributed by atoms with Crippen molar-refractivity contribution >= 4 is 29.9 Å². The summed E-state index contributed by atoms with van der Waals surface area (Å²) in [7, 11) is 1.89. The van der Waals surface area contributed by atoms with Crippen molar-refractivity contribution in [2.75, 3.05) is 31.6 Å². The molecular formula is C31H42ClN5O3. The molecule has 216 valence electrons. The van der Waals surface area contributed by atoms with Crippen LogP contribution in [0.15, 0.2) is 47.0 Å². The van der Waals surface area contributed by atoms with E-state index in [0.29, 0.717) is 24.2 Å². The zero-order chi connectivity index (χ0) is 27.9. The number of amides is 2. The van der Waals surface area contributed by atoms with Gasteiger partial charge in [0.1, 0.15) is 0 Å². The van der Waals surface area contributed by atoms with Crippen LogP contribution in [0.2, 0.25) is 0 Å². The zero-order valence-corrected chi connectivity index (χ0v) is 25.1. The number of hydrogen-bond acceptors (Lipinski definition) is 6. The molecule has 0 saturated carbocycles. The van der Waals surface area contributed by atoms with Gasteiger partial charge >= 0.3 is 0 Å². The first-order valence-electron chi connectivity index (χ1n) is 14.0. The maximum absolute atomic E-state index is 13.6. The van der Waals surface area contributed by atoms with Gasteiger partial charge in [0.25, 0.3) is 0 Å². The maximum atomic E-state index is 13.6. The lowest BCUT2D eigenvalue weighted by Crippen LogP contribution is -2.47. The normalized spacial score (nSPS) is 14.3. The number of likely N-dealkylation sites (N-methyl/N-ethyl adjacent to an activating group) is 1. The number of fused-ring (bicyclic) bond motifs is 1. The molecule has 0 bridgehead atoms. The number of hydrogen-bond donors (Lipinski definition) is 1. The van der Waals surface area contributed by atoms with Gasteiger partial charge in [-0.2, -0.15) is 4.98 Å². The smallest absolute Gasteiger partial charge is 0.242 e. The molecule has 0 radical (unpaired) electrons. The fourth-order valence-electron chi connectivity index (χ4n) is 5.19. The molecule has 0 aliphatic heterocycles. The summed E-state index contributed by atoms with van der Waals surface area (Å²) in [5, 5.41) is 7.09. The highest BCUT2D eigenvalue weighted by atomic mass is 35.5. The highest BCUT2D eigenvalue weighted by Gasteiger charge is 2.27. The highest BCUT2D eigenvalue weighted by molar-refractivity contribution is 5.87. The van der Waals surface area contributed by atoms with E-state index in [0.717, 1.165) is 48.9 Å². The van der Waals surface area contributed by atoms with Gasteiger partial charge in [-0.15, -0.1) is 12.4 Å². The lowest BCUT2D eigenvalue weighted by Gasteiger charge is -2.34. The Balaban J connectivity index is 0.00000441. The SMILES string of the molecule is Cc1nc(-c2ccc(C)c(N(CC(=O)NCCCC(C)C)CC(=O)N(C)C3CCc4ccccc4C3)c2)no1.Cl. The molecule has 4 rings (SSSR count). The van der Waals surface area contributed by atoms with Crippen LogP contribution in [0.25, 0.3) is 11.4 Å². The third kappa shape index (κ3) is 8.07. The van der Waals surface area contributed by atoms with Gasteiger partial charge in [-0.25, -0.2) is 0 Å². The van der Waals surface area contributed by atoms with Crippen molar-refractivity contribution in [1.29, 1.82) is 0 Å². The lowest BCUT2D eigenvalue weighted by molar-refractivity contribution is -0.130. The molecule has 3 aromatic rings. The fourth-order valence-corrected chi connectivity index (χ4v) is 5.19. The first-order valence-corrected chi connectivity index (χ1v) is 14.0. The van der Waals surface area contributed by atoms with Crippen molar-refractivity contribution in [3.63, 3.8) is 0 Å². The minimum Gasteiger partial charge on any atom is -0.355 e. The molecule has 1 atom stereocenters. The molecule has 1 aliphatic carbocycles. The molecule has 1 heterocycles. The zero-order valence-electron chi connectivity index (χ0n) is 24.3. The third-order valence-electron chi connectivity index (χ3n) is 7.54. The second-order valence-corrected chi connectivity index (χ2v) is 11.1. The Bertz CT molecular complexity index is 1290. The van der Waals surface area contributed by atoms with Crippen LogP contribution in [0.1, 0.15) is 55.7 Å². The Morgan fingerprint density at radius 2 is 1.85 bits per heavy atom. The number of carbonyl (C=O) groups is 2. The predicted molar refractivity (Wildman–Crippen MR) is 161 cm³/mol. The second kappa shape index (κ2) is 14.3. The third-order valence-corrected chi connectivity index (χ3v) is 7.54. The minimum absolute atomic E-state index is 0. The van der Waals surface area contributed by atoms with E-state index in [1.54, 1.807) is 6.92 Å². The van der Waals surface area contributed by atoms with Crippen LogP contribution in [0.4, 0.5) is 5.69 Å². The van der Waals surface area contributed by atoms with Gasteiger partial charge in [0.05, 0.1) is 13.1 Å². The number of carbonyl (C=O) groups excluding carboxylic acids is 2. The molecule has 0 fully saturated rings. The van der Waals surface area contributed by atoms with Crippen LogP contribution in [-0.2, 0) is 22.4 Å². The predicted octanol–water partition coefficient (Wildman–Crippen LogP) is 5.15. The summed E-state index contributed by atoms with van der Waals surface area (Å²) in [5.74, 6) is 1.46. The fraction of sp³-hybridized carbons (Fsp3) is 0.484. The first kappa shape index (κ1) is 31.1. The van der Waals surface area contributed by atoms with Crippen molar-refractivity contribution < 1.29 is 14.1 Å². The van der Waals surface area contributed by atoms with E-state index in [1.807, 2.05) is 42.0 Å². The summed E-state index contributed by atoms with van der Waals surface area (Å²) >= 11 is 0. The quantitative estimate of drug-likeness (QED) is 0.322. The van der Waals surface area contributed by atoms with E-state index in [1.165, 1.54) is 11.1 Å². The summed E-state index contributed by atoms with van der Waals surface area (Å²) in [5.41, 5.74) is 5.23. The van der Waals surface area contributed by atoms with Crippen LogP contribution in [-0.4, -0.2) is 59.6 Å². The van der Waals surface area contributed by atoms with Gasteiger partial charge in [-0.05, 0) is 67.7 Å². The Kier molecular flexibility index (Phi) is 11.1. The van der Waals surface area contributed by atoms with Gasteiger partial charge < -0.3 is 19.6 Å². The molecule has 1 N–H and O–H groups in total. The standard InChI is InChI=1S/C31H41N5O3.ClH/c1-21(2)9-8-16-32-29(37)19-36(28-18-26(13-12-22(28)3)31-33-23(4)39-34-31)20-30(38)35(5)27-15-14-24-10-6-7-11-25(24)17-27;/h6-7,10-13,18,21,27H,8-9,14-17,19-20H2,1-5H3,(H,32,37);1H. The molecule has 9 heteroatoms. The number of halogens is 1. The summed E-state index contributed by atoms with van der Waals surface area (Å²) in [4.78, 5) is 34.7. The molecule has 0 saturated heterocycles. The minimum atomic E-state index is -0.0963. The molecule has 2 amide bonds. The topological polar surface area (TPSA) is 91.6 Å². The van der Waals surface area contributed by atoms with Crippen LogP contribution >= 0.6 is 12.4 Å². The number of benzene rings is 2. The monoisotopic (exact) mass is 567 g/mol. The van der Waals surface area contributed by atoms with Gasteiger partial charge in [0.15, 0.2) is 0 Å². The van der Waals surface area contributed by atoms with Crippen LogP contribution in [0, 0.1) is 19.8 Å². The Morgan fingerprint density at radius 3 is 2.55 bits per heavy atom. The average molecular weight is 568 g/mol. The summed E-state index contributed by atoms with van der Waals surface area (Å²) in [6.45, 7) is 8.91. The first-order chi connectivity index (χ1) is 18.7. The summed E-state index contributed by atoms with van der Waals surface area (Å²) in [6.07, 6.45) is 4.73. The van der Waals surface area contributed by atoms with E-state index < -0.39 is 0 Å². The van der Waals surface area contributed by atoms with E-state index in [-0.39, 0.29) is 43.4 Å². The molecule has 8 nitrogen and oxygen atoms in total. The van der Waals surface area contributed by atoms with E-state index >= 15 is 0 Å². The van der Waals surface area contributed by atoms with E-state index in [4.69, 9.17) is 4.52 Å². The van der Waals surface area contributed by atoms with Gasteiger partial charge in [0, 0.05) is 37.8 Å². The number of nitrogens with one attached hydrogen (secondary N) is 1. The molecular weight excluding hydrogens is 526 g/mol. The summed E-state index contributed by atoms with van der Waals surface area (Å²) < 4.78 is 5.17. The molecule has 40 heavy (non-hydrogen) atoms. The van der Waals surface area contributed by atoms with Gasteiger partial charge in [0.2, 0.25) is 23.5 Å². The lowest BCUT2D eigenvalue weighted by atomic mass is 9.87. The number of anilines is 1. The maximum Gasteiger partial charge on any atom is 0.242 e. The molecule has 2 aromatic carbocycles. The molecule has 0 spiro atoms. The van der Waals surface area contributed by atoms with E-state index in [2.05, 4.69) is 53.6 Å². The van der Waals surface area contributed by atoms with Crippen LogP contribution in [0.3, 0.4) is 0 Å². The van der Waals surface area contributed by atoms with Crippen molar-refractivity contribution in [2.45, 2.75) is 65.8 Å². The van der Waals surface area contributed by atoms with Crippen molar-refractivity contribution in [2.24, 2.45) is 5.92 Å². The number of rotatable bonds is 11. The van der Waals surface area contributed by atoms with E-state index in [9.17, 15) is 9.59 Å². The number of nitrogens with zero attached hydrogens (tertiary/aromatic N) is 4. The number of aryl methyl sites for hydroxylation is 3. The second-order valence-electron chi connectivity index (χ2n) is 11.1. The molecule has 1 unspecified atom stereocenters. The Morgan fingerprint density at radius 1 is 1.10 bits per heavy atom. The molecule has 1 aromatic heterocycles. The van der Waals surface area contributed by atoms with Crippen molar-refractivity contribution in [3.8, 4) is 11.4 Å². The van der Waals surface area contributed by atoms with Crippen LogP contribution < -0.4 is 10.2 Å². The Hall–Kier alpha value is -3.39. The highest BCUT2D eigenvalue weighted by Crippen LogP contribution is 2.28. The number of aromatic nitrogens is 2.